The van der Waals surface area contributed by atoms with E-state index in [1.54, 1.807) is 0 Å². The molecule has 3 nitrogen and oxygen atoms in total. The fourth-order valence-electron chi connectivity index (χ4n) is 3.96. The van der Waals surface area contributed by atoms with Crippen molar-refractivity contribution < 1.29 is 4.79 Å². The van der Waals surface area contributed by atoms with E-state index in [1.807, 2.05) is 24.3 Å². The van der Waals surface area contributed by atoms with Gasteiger partial charge in [-0.25, -0.2) is 0 Å². The average molecular weight is 322 g/mol. The molecular formula is C21H26N2O. The van der Waals surface area contributed by atoms with E-state index < -0.39 is 0 Å². The first-order chi connectivity index (χ1) is 11.5. The lowest BCUT2D eigenvalue weighted by atomic mass is 9.84. The Hall–Kier alpha value is -2.08. The summed E-state index contributed by atoms with van der Waals surface area (Å²) < 4.78 is 0. The number of benzene rings is 1. The maximum Gasteiger partial charge on any atom is 0.160 e. The molecule has 1 aromatic carbocycles. The number of ketones is 1. The number of carbonyl (C=O) groups excluding carboxylic acids is 1. The summed E-state index contributed by atoms with van der Waals surface area (Å²) in [4.78, 5) is 12.8. The summed E-state index contributed by atoms with van der Waals surface area (Å²) in [6, 6.07) is 7.98. The van der Waals surface area contributed by atoms with Crippen LogP contribution in [-0.4, -0.2) is 11.3 Å². The standard InChI is InChI=1S/C21H26N2O/c1-21(2)13-17-11-15(14-22)9-10-18(17)19(23-21)12-20(24)16-7-5-3-4-6-8-16/h9-12,16,23H,3-8,13H2,1-2H3. The molecule has 3 heteroatoms. The lowest BCUT2D eigenvalue weighted by molar-refractivity contribution is -0.118. The molecule has 1 aliphatic carbocycles. The number of nitrogens with zero attached hydrogens (tertiary/aromatic N) is 1. The van der Waals surface area contributed by atoms with Gasteiger partial charge in [0.05, 0.1) is 11.6 Å². The Kier molecular flexibility index (Phi) is 4.76. The van der Waals surface area contributed by atoms with Gasteiger partial charge in [-0.2, -0.15) is 5.26 Å². The molecule has 24 heavy (non-hydrogen) atoms. The Bertz CT molecular complexity index is 701. The minimum atomic E-state index is -0.114. The Morgan fingerprint density at radius 1 is 1.25 bits per heavy atom. The van der Waals surface area contributed by atoms with E-state index in [-0.39, 0.29) is 17.2 Å². The lowest BCUT2D eigenvalue weighted by Crippen LogP contribution is -2.44. The maximum atomic E-state index is 12.8. The van der Waals surface area contributed by atoms with Crippen LogP contribution in [0.2, 0.25) is 0 Å². The molecule has 0 unspecified atom stereocenters. The highest BCUT2D eigenvalue weighted by molar-refractivity contribution is 5.98. The van der Waals surface area contributed by atoms with Crippen LogP contribution in [0.25, 0.3) is 5.70 Å². The third kappa shape index (κ3) is 3.70. The van der Waals surface area contributed by atoms with Gasteiger partial charge in [0.25, 0.3) is 0 Å². The quantitative estimate of drug-likeness (QED) is 0.650. The van der Waals surface area contributed by atoms with Crippen molar-refractivity contribution in [1.82, 2.24) is 5.32 Å². The predicted molar refractivity (Wildman–Crippen MR) is 96.3 cm³/mol. The first-order valence-corrected chi connectivity index (χ1v) is 9.06. The number of nitrogens with one attached hydrogen (secondary N) is 1. The van der Waals surface area contributed by atoms with Crippen LogP contribution in [0.5, 0.6) is 0 Å². The number of hydrogen-bond acceptors (Lipinski definition) is 3. The van der Waals surface area contributed by atoms with Crippen molar-refractivity contribution in [3.63, 3.8) is 0 Å². The van der Waals surface area contributed by atoms with Gasteiger partial charge >= 0.3 is 0 Å². The average Bonchev–Trinajstić information content (AvgIpc) is 2.82. The summed E-state index contributed by atoms with van der Waals surface area (Å²) in [7, 11) is 0. The van der Waals surface area contributed by atoms with Crippen molar-refractivity contribution in [3.8, 4) is 6.07 Å². The number of allylic oxidation sites excluding steroid dienone is 1. The molecule has 0 atom stereocenters. The van der Waals surface area contributed by atoms with Crippen molar-refractivity contribution in [2.45, 2.75) is 64.3 Å². The van der Waals surface area contributed by atoms with Crippen LogP contribution >= 0.6 is 0 Å². The molecule has 1 heterocycles. The molecule has 3 rings (SSSR count). The Labute approximate surface area is 144 Å². The van der Waals surface area contributed by atoms with Gasteiger partial charge in [-0.15, -0.1) is 0 Å². The molecule has 1 N–H and O–H groups in total. The van der Waals surface area contributed by atoms with Gasteiger partial charge < -0.3 is 5.32 Å². The second kappa shape index (κ2) is 6.81. The predicted octanol–water partition coefficient (Wildman–Crippen LogP) is 4.36. The van der Waals surface area contributed by atoms with Crippen molar-refractivity contribution in [3.05, 3.63) is 41.0 Å². The zero-order valence-corrected chi connectivity index (χ0v) is 14.7. The summed E-state index contributed by atoms with van der Waals surface area (Å²) in [5, 5.41) is 12.7. The van der Waals surface area contributed by atoms with Crippen LogP contribution in [-0.2, 0) is 11.2 Å². The van der Waals surface area contributed by atoms with Gasteiger partial charge in [0.1, 0.15) is 0 Å². The zero-order valence-electron chi connectivity index (χ0n) is 14.7. The second-order valence-corrected chi connectivity index (χ2v) is 7.82. The van der Waals surface area contributed by atoms with Crippen molar-refractivity contribution in [2.75, 3.05) is 0 Å². The number of nitriles is 1. The summed E-state index contributed by atoms with van der Waals surface area (Å²) in [5.41, 5.74) is 3.70. The monoisotopic (exact) mass is 322 g/mol. The van der Waals surface area contributed by atoms with Crippen molar-refractivity contribution in [2.24, 2.45) is 5.92 Å². The van der Waals surface area contributed by atoms with E-state index in [0.717, 1.165) is 36.1 Å². The van der Waals surface area contributed by atoms with Crippen LogP contribution in [0.4, 0.5) is 0 Å². The third-order valence-corrected chi connectivity index (χ3v) is 5.17. The van der Waals surface area contributed by atoms with E-state index in [2.05, 4.69) is 25.2 Å². The van der Waals surface area contributed by atoms with Gasteiger partial charge in [0.2, 0.25) is 0 Å². The molecule has 0 radical (unpaired) electrons. The molecule has 126 valence electrons. The molecule has 0 amide bonds. The first kappa shape index (κ1) is 16.8. The van der Waals surface area contributed by atoms with Crippen molar-refractivity contribution in [1.29, 1.82) is 5.26 Å². The van der Waals surface area contributed by atoms with Gasteiger partial charge in [-0.05, 0) is 50.8 Å². The topological polar surface area (TPSA) is 52.9 Å². The molecule has 1 aliphatic heterocycles. The Balaban J connectivity index is 1.92. The minimum Gasteiger partial charge on any atom is -0.379 e. The van der Waals surface area contributed by atoms with E-state index in [9.17, 15) is 4.79 Å². The van der Waals surface area contributed by atoms with Crippen molar-refractivity contribution >= 4 is 11.5 Å². The van der Waals surface area contributed by atoms with E-state index in [0.29, 0.717) is 5.56 Å². The minimum absolute atomic E-state index is 0.114. The van der Waals surface area contributed by atoms with Crippen LogP contribution < -0.4 is 5.32 Å². The Morgan fingerprint density at radius 2 is 1.96 bits per heavy atom. The maximum absolute atomic E-state index is 12.8. The molecular weight excluding hydrogens is 296 g/mol. The second-order valence-electron chi connectivity index (χ2n) is 7.82. The molecule has 1 aromatic rings. The van der Waals surface area contributed by atoms with Gasteiger partial charge in [0, 0.05) is 28.8 Å². The number of fused-ring (bicyclic) bond motifs is 1. The summed E-state index contributed by atoms with van der Waals surface area (Å²) >= 11 is 0. The normalized spacial score (nSPS) is 22.1. The van der Waals surface area contributed by atoms with E-state index >= 15 is 0 Å². The van der Waals surface area contributed by atoms with Gasteiger partial charge in [-0.1, -0.05) is 31.7 Å². The first-order valence-electron chi connectivity index (χ1n) is 9.06. The number of rotatable bonds is 2. The molecule has 1 fully saturated rings. The number of hydrogen-bond donors (Lipinski definition) is 1. The largest absolute Gasteiger partial charge is 0.379 e. The van der Waals surface area contributed by atoms with Crippen LogP contribution in [0.3, 0.4) is 0 Å². The van der Waals surface area contributed by atoms with Gasteiger partial charge in [-0.3, -0.25) is 4.79 Å². The summed E-state index contributed by atoms with van der Waals surface area (Å²) in [6.45, 7) is 4.28. The SMILES string of the molecule is CC1(C)Cc2cc(C#N)ccc2C(=CC(=O)C2CCCCCC2)N1. The zero-order chi connectivity index (χ0) is 17.2. The highest BCUT2D eigenvalue weighted by atomic mass is 16.1. The highest BCUT2D eigenvalue weighted by Crippen LogP contribution is 2.31. The summed E-state index contributed by atoms with van der Waals surface area (Å²) in [5.74, 6) is 0.432. The molecule has 1 saturated carbocycles. The number of carbonyl (C=O) groups is 1. The van der Waals surface area contributed by atoms with Gasteiger partial charge in [0.15, 0.2) is 5.78 Å². The fraction of sp³-hybridized carbons (Fsp3) is 0.524. The van der Waals surface area contributed by atoms with Crippen LogP contribution in [0, 0.1) is 17.2 Å². The lowest BCUT2D eigenvalue weighted by Gasteiger charge is -2.35. The summed E-state index contributed by atoms with van der Waals surface area (Å²) in [6.07, 6.45) is 9.56. The smallest absolute Gasteiger partial charge is 0.160 e. The molecule has 0 aromatic heterocycles. The van der Waals surface area contributed by atoms with Crippen LogP contribution in [0.15, 0.2) is 24.3 Å². The fourth-order valence-corrected chi connectivity index (χ4v) is 3.96. The molecule has 2 aliphatic rings. The molecule has 0 spiro atoms. The van der Waals surface area contributed by atoms with Crippen LogP contribution in [0.1, 0.15) is 69.1 Å². The molecule has 0 bridgehead atoms. The Morgan fingerprint density at radius 3 is 2.62 bits per heavy atom. The molecule has 0 saturated heterocycles. The third-order valence-electron chi connectivity index (χ3n) is 5.17. The van der Waals surface area contributed by atoms with E-state index in [1.165, 1.54) is 25.7 Å². The highest BCUT2D eigenvalue weighted by Gasteiger charge is 2.29. The van der Waals surface area contributed by atoms with E-state index in [4.69, 9.17) is 5.26 Å².